The zero-order valence-corrected chi connectivity index (χ0v) is 10.9. The van der Waals surface area contributed by atoms with Gasteiger partial charge in [-0.1, -0.05) is 13.0 Å². The van der Waals surface area contributed by atoms with Gasteiger partial charge in [-0.25, -0.2) is 4.98 Å². The third kappa shape index (κ3) is 2.39. The number of pyridine rings is 1. The maximum Gasteiger partial charge on any atom is 0.258 e. The molecule has 19 heavy (non-hydrogen) atoms. The third-order valence-corrected chi connectivity index (χ3v) is 3.66. The van der Waals surface area contributed by atoms with Gasteiger partial charge in [0, 0.05) is 31.9 Å². The number of likely N-dealkylation sites (tertiary alicyclic amines) is 1. The van der Waals surface area contributed by atoms with E-state index in [1.165, 1.54) is 4.40 Å². The molecule has 0 bridgehead atoms. The molecule has 3 heterocycles. The topological polar surface area (TPSA) is 57.8 Å². The Bertz CT molecular complexity index is 642. The second-order valence-electron chi connectivity index (χ2n) is 5.25. The molecule has 3 rings (SSSR count). The monoisotopic (exact) mass is 259 g/mol. The molecule has 0 saturated carbocycles. The molecular formula is C14H17N3O2. The van der Waals surface area contributed by atoms with Gasteiger partial charge >= 0.3 is 0 Å². The van der Waals surface area contributed by atoms with Crippen LogP contribution < -0.4 is 5.56 Å². The molecule has 2 aromatic rings. The smallest absolute Gasteiger partial charge is 0.258 e. The van der Waals surface area contributed by atoms with Crippen LogP contribution >= 0.6 is 0 Å². The Hall–Kier alpha value is -1.72. The molecule has 0 radical (unpaired) electrons. The molecule has 0 aliphatic carbocycles. The van der Waals surface area contributed by atoms with E-state index in [9.17, 15) is 9.90 Å². The fourth-order valence-corrected chi connectivity index (χ4v) is 2.59. The standard InChI is InChI=1S/C14H17N3O2/c1-10-7-16(9-12(10)18)8-11-6-14(19)17-5-3-2-4-13(17)15-11/h2-6,10,12,18H,7-9H2,1H3/t10-,12-/m0/s1. The molecule has 0 aromatic carbocycles. The van der Waals surface area contributed by atoms with E-state index in [1.54, 1.807) is 12.3 Å². The van der Waals surface area contributed by atoms with Crippen LogP contribution in [-0.4, -0.2) is 38.6 Å². The number of rotatable bonds is 2. The first-order chi connectivity index (χ1) is 9.13. The van der Waals surface area contributed by atoms with Crippen molar-refractivity contribution in [2.75, 3.05) is 13.1 Å². The van der Waals surface area contributed by atoms with Crippen molar-refractivity contribution in [1.82, 2.24) is 14.3 Å². The summed E-state index contributed by atoms with van der Waals surface area (Å²) < 4.78 is 1.53. The fourth-order valence-electron chi connectivity index (χ4n) is 2.59. The van der Waals surface area contributed by atoms with E-state index in [2.05, 4.69) is 9.88 Å². The Balaban J connectivity index is 1.88. The largest absolute Gasteiger partial charge is 0.391 e. The summed E-state index contributed by atoms with van der Waals surface area (Å²) in [4.78, 5) is 18.6. The lowest BCUT2D eigenvalue weighted by Gasteiger charge is -2.14. The van der Waals surface area contributed by atoms with Crippen molar-refractivity contribution in [2.24, 2.45) is 5.92 Å². The molecule has 2 atom stereocenters. The predicted molar refractivity (Wildman–Crippen MR) is 71.9 cm³/mol. The normalized spacial score (nSPS) is 24.1. The van der Waals surface area contributed by atoms with Crippen molar-refractivity contribution in [1.29, 1.82) is 0 Å². The predicted octanol–water partition coefficient (Wildman–Crippen LogP) is 0.507. The van der Waals surface area contributed by atoms with Gasteiger partial charge in [-0.15, -0.1) is 0 Å². The molecule has 1 saturated heterocycles. The van der Waals surface area contributed by atoms with Crippen molar-refractivity contribution < 1.29 is 5.11 Å². The average molecular weight is 259 g/mol. The van der Waals surface area contributed by atoms with Crippen LogP contribution in [0, 0.1) is 5.92 Å². The highest BCUT2D eigenvalue weighted by Gasteiger charge is 2.27. The number of nitrogens with zero attached hydrogens (tertiary/aromatic N) is 3. The lowest BCUT2D eigenvalue weighted by atomic mass is 10.1. The second-order valence-corrected chi connectivity index (χ2v) is 5.25. The third-order valence-electron chi connectivity index (χ3n) is 3.66. The highest BCUT2D eigenvalue weighted by atomic mass is 16.3. The minimum absolute atomic E-state index is 0.0617. The summed E-state index contributed by atoms with van der Waals surface area (Å²) in [5.41, 5.74) is 1.36. The van der Waals surface area contributed by atoms with E-state index in [-0.39, 0.29) is 17.6 Å². The van der Waals surface area contributed by atoms with Gasteiger partial charge in [-0.2, -0.15) is 0 Å². The number of aromatic nitrogens is 2. The Morgan fingerprint density at radius 1 is 1.42 bits per heavy atom. The van der Waals surface area contributed by atoms with E-state index >= 15 is 0 Å². The summed E-state index contributed by atoms with van der Waals surface area (Å²) in [6.45, 7) is 4.14. The van der Waals surface area contributed by atoms with Gasteiger partial charge in [0.15, 0.2) is 0 Å². The molecule has 0 spiro atoms. The molecule has 1 N–H and O–H groups in total. The maximum absolute atomic E-state index is 12.0. The zero-order valence-electron chi connectivity index (χ0n) is 10.9. The highest BCUT2D eigenvalue weighted by molar-refractivity contribution is 5.37. The van der Waals surface area contributed by atoms with Crippen LogP contribution in [0.3, 0.4) is 0 Å². The summed E-state index contributed by atoms with van der Waals surface area (Å²) in [5.74, 6) is 0.279. The van der Waals surface area contributed by atoms with Gasteiger partial charge in [-0.05, 0) is 18.1 Å². The van der Waals surface area contributed by atoms with Crippen LogP contribution in [0.15, 0.2) is 35.3 Å². The minimum atomic E-state index is -0.276. The maximum atomic E-state index is 12.0. The number of hydrogen-bond acceptors (Lipinski definition) is 4. The Labute approximate surface area is 111 Å². The number of hydrogen-bond donors (Lipinski definition) is 1. The zero-order chi connectivity index (χ0) is 13.4. The fraction of sp³-hybridized carbons (Fsp3) is 0.429. The Morgan fingerprint density at radius 3 is 3.00 bits per heavy atom. The van der Waals surface area contributed by atoms with E-state index in [4.69, 9.17) is 0 Å². The summed E-state index contributed by atoms with van der Waals surface area (Å²) >= 11 is 0. The molecule has 100 valence electrons. The SMILES string of the molecule is C[C@H]1CN(Cc2cc(=O)n3ccccc3n2)C[C@@H]1O. The van der Waals surface area contributed by atoms with E-state index in [0.717, 1.165) is 12.2 Å². The van der Waals surface area contributed by atoms with Gasteiger partial charge < -0.3 is 5.11 Å². The minimum Gasteiger partial charge on any atom is -0.391 e. The number of aliphatic hydroxyl groups excluding tert-OH is 1. The summed E-state index contributed by atoms with van der Waals surface area (Å²) in [6.07, 6.45) is 1.44. The van der Waals surface area contributed by atoms with Crippen molar-refractivity contribution in [3.63, 3.8) is 0 Å². The van der Waals surface area contributed by atoms with Gasteiger partial charge in [0.05, 0.1) is 11.8 Å². The van der Waals surface area contributed by atoms with Crippen LogP contribution in [0.2, 0.25) is 0 Å². The first kappa shape index (κ1) is 12.3. The molecule has 5 heteroatoms. The first-order valence-corrected chi connectivity index (χ1v) is 6.51. The van der Waals surface area contributed by atoms with Crippen LogP contribution in [0.25, 0.3) is 5.65 Å². The van der Waals surface area contributed by atoms with Crippen LogP contribution in [-0.2, 0) is 6.54 Å². The second kappa shape index (κ2) is 4.75. The summed E-state index contributed by atoms with van der Waals surface area (Å²) in [6, 6.07) is 7.08. The average Bonchev–Trinajstić information content (AvgIpc) is 2.68. The van der Waals surface area contributed by atoms with E-state index in [0.29, 0.717) is 18.7 Å². The van der Waals surface area contributed by atoms with Crippen molar-refractivity contribution in [3.05, 3.63) is 46.5 Å². The molecular weight excluding hydrogens is 242 g/mol. The van der Waals surface area contributed by atoms with Gasteiger partial charge in [0.25, 0.3) is 5.56 Å². The van der Waals surface area contributed by atoms with E-state index in [1.807, 2.05) is 25.1 Å². The quantitative estimate of drug-likeness (QED) is 0.853. The van der Waals surface area contributed by atoms with Crippen LogP contribution in [0.4, 0.5) is 0 Å². The molecule has 1 aliphatic rings. The molecule has 0 amide bonds. The highest BCUT2D eigenvalue weighted by Crippen LogP contribution is 2.17. The number of fused-ring (bicyclic) bond motifs is 1. The van der Waals surface area contributed by atoms with Gasteiger partial charge in [0.1, 0.15) is 5.65 Å². The van der Waals surface area contributed by atoms with Crippen LogP contribution in [0.1, 0.15) is 12.6 Å². The van der Waals surface area contributed by atoms with E-state index < -0.39 is 0 Å². The molecule has 1 aliphatic heterocycles. The molecule has 1 fully saturated rings. The van der Waals surface area contributed by atoms with Crippen molar-refractivity contribution >= 4 is 5.65 Å². The van der Waals surface area contributed by atoms with Crippen molar-refractivity contribution in [3.8, 4) is 0 Å². The molecule has 5 nitrogen and oxygen atoms in total. The summed E-state index contributed by atoms with van der Waals surface area (Å²) in [5, 5.41) is 9.74. The summed E-state index contributed by atoms with van der Waals surface area (Å²) in [7, 11) is 0. The lowest BCUT2D eigenvalue weighted by molar-refractivity contribution is 0.147. The van der Waals surface area contributed by atoms with Crippen LogP contribution in [0.5, 0.6) is 0 Å². The number of aliphatic hydroxyl groups is 1. The Kier molecular flexibility index (Phi) is 3.08. The Morgan fingerprint density at radius 2 is 2.26 bits per heavy atom. The van der Waals surface area contributed by atoms with Crippen molar-refractivity contribution in [2.45, 2.75) is 19.6 Å². The number of β-amino-alcohol motifs (C(OH)–C–C–N with tert-alkyl or cyclic N) is 1. The first-order valence-electron chi connectivity index (χ1n) is 6.51. The molecule has 0 unspecified atom stereocenters. The molecule has 2 aromatic heterocycles. The van der Waals surface area contributed by atoms with Gasteiger partial charge in [-0.3, -0.25) is 14.1 Å². The lowest BCUT2D eigenvalue weighted by Crippen LogP contribution is -2.24. The van der Waals surface area contributed by atoms with Gasteiger partial charge in [0.2, 0.25) is 0 Å².